The number of benzene rings is 3. The van der Waals surface area contributed by atoms with Gasteiger partial charge in [-0.2, -0.15) is 0 Å². The Labute approximate surface area is 227 Å². The van der Waals surface area contributed by atoms with Crippen molar-refractivity contribution in [1.82, 2.24) is 10.3 Å². The fourth-order valence-electron chi connectivity index (χ4n) is 4.62. The highest BCUT2D eigenvalue weighted by Crippen LogP contribution is 2.33. The Morgan fingerprint density at radius 1 is 0.949 bits per heavy atom. The minimum atomic E-state index is -0.850. The van der Waals surface area contributed by atoms with Crippen molar-refractivity contribution in [3.05, 3.63) is 99.3 Å². The number of aliphatic hydroxyl groups excluding tert-OH is 1. The monoisotopic (exact) mass is 530 g/mol. The summed E-state index contributed by atoms with van der Waals surface area (Å²) in [4.78, 5) is 27.9. The number of carbonyl (C=O) groups excluding carboxylic acids is 1. The summed E-state index contributed by atoms with van der Waals surface area (Å²) in [5.41, 5.74) is 3.34. The van der Waals surface area contributed by atoms with Gasteiger partial charge in [-0.3, -0.25) is 10.1 Å². The summed E-state index contributed by atoms with van der Waals surface area (Å²) in [7, 11) is 3.15. The third-order valence-corrected chi connectivity index (χ3v) is 6.60. The van der Waals surface area contributed by atoms with Gasteiger partial charge in [-0.25, -0.2) is 4.79 Å². The molecule has 0 aliphatic rings. The van der Waals surface area contributed by atoms with E-state index < -0.39 is 12.2 Å². The van der Waals surface area contributed by atoms with Gasteiger partial charge in [0.2, 0.25) is 5.56 Å². The normalized spacial score (nSPS) is 12.6. The zero-order chi connectivity index (χ0) is 27.9. The van der Waals surface area contributed by atoms with Crippen molar-refractivity contribution in [2.75, 3.05) is 14.2 Å². The molecule has 2 unspecified atom stereocenters. The van der Waals surface area contributed by atoms with E-state index in [0.717, 1.165) is 34.9 Å². The van der Waals surface area contributed by atoms with E-state index in [0.29, 0.717) is 29.0 Å². The Morgan fingerprint density at radius 3 is 2.36 bits per heavy atom. The molecule has 8 heteroatoms. The van der Waals surface area contributed by atoms with Crippen molar-refractivity contribution in [3.8, 4) is 17.2 Å². The average Bonchev–Trinajstić information content (AvgIpc) is 2.93. The van der Waals surface area contributed by atoms with Crippen LogP contribution in [-0.2, 0) is 6.42 Å². The second kappa shape index (κ2) is 12.6. The highest BCUT2D eigenvalue weighted by atomic mass is 16.5. The van der Waals surface area contributed by atoms with Gasteiger partial charge in [0, 0.05) is 23.9 Å². The number of nitrogens with one attached hydrogen (secondary N) is 2. The minimum absolute atomic E-state index is 0.222. The molecule has 3 aromatic carbocycles. The van der Waals surface area contributed by atoms with Gasteiger partial charge in [-0.05, 0) is 60.9 Å². The van der Waals surface area contributed by atoms with Crippen LogP contribution in [0.15, 0.2) is 71.5 Å². The maximum absolute atomic E-state index is 12.8. The predicted octanol–water partition coefficient (Wildman–Crippen LogP) is 5.06. The van der Waals surface area contributed by atoms with Crippen LogP contribution in [0.3, 0.4) is 0 Å². The number of aromatic amines is 1. The Kier molecular flexibility index (Phi) is 9.01. The van der Waals surface area contributed by atoms with Crippen molar-refractivity contribution < 1.29 is 24.1 Å². The second-order valence-corrected chi connectivity index (χ2v) is 9.44. The fourth-order valence-corrected chi connectivity index (χ4v) is 4.62. The molecule has 0 spiro atoms. The molecule has 0 saturated heterocycles. The van der Waals surface area contributed by atoms with Gasteiger partial charge >= 0.3 is 5.97 Å². The maximum Gasteiger partial charge on any atom is 0.343 e. The van der Waals surface area contributed by atoms with Crippen molar-refractivity contribution in [2.45, 2.75) is 45.4 Å². The molecule has 1 heterocycles. The number of pyridine rings is 1. The van der Waals surface area contributed by atoms with Gasteiger partial charge in [0.15, 0.2) is 17.2 Å². The average molecular weight is 531 g/mol. The first kappa shape index (κ1) is 27.9. The molecule has 3 N–H and O–H groups in total. The summed E-state index contributed by atoms with van der Waals surface area (Å²) in [6.45, 7) is 4.01. The Morgan fingerprint density at radius 2 is 1.67 bits per heavy atom. The standard InChI is InChI=1S/C31H34N2O6/c1-5-6-24(32-29(35)18-20-9-14-25(37-3)27(17-20)38-4)22-12-15-26(30-23(22)13-16-28(34)33-30)39-31(36)21-10-7-19(2)8-11-21/h7-17,24,29,32,35H,5-6,18H2,1-4H3,(H,33,34). The quantitative estimate of drug-likeness (QED) is 0.141. The summed E-state index contributed by atoms with van der Waals surface area (Å²) in [5, 5.41) is 15.0. The zero-order valence-corrected chi connectivity index (χ0v) is 22.6. The predicted molar refractivity (Wildman–Crippen MR) is 151 cm³/mol. The van der Waals surface area contributed by atoms with Crippen molar-refractivity contribution in [2.24, 2.45) is 0 Å². The largest absolute Gasteiger partial charge is 0.493 e. The number of hydrogen-bond acceptors (Lipinski definition) is 7. The molecule has 0 radical (unpaired) electrons. The highest BCUT2D eigenvalue weighted by Gasteiger charge is 2.21. The lowest BCUT2D eigenvalue weighted by atomic mass is 9.96. The molecule has 39 heavy (non-hydrogen) atoms. The topological polar surface area (TPSA) is 110 Å². The van der Waals surface area contributed by atoms with E-state index >= 15 is 0 Å². The summed E-state index contributed by atoms with van der Waals surface area (Å²) in [6.07, 6.45) is 1.09. The van der Waals surface area contributed by atoms with Crippen LogP contribution in [-0.4, -0.2) is 36.5 Å². The lowest BCUT2D eigenvalue weighted by Gasteiger charge is -2.25. The number of carbonyl (C=O) groups is 1. The molecular weight excluding hydrogens is 496 g/mol. The smallest absolute Gasteiger partial charge is 0.343 e. The van der Waals surface area contributed by atoms with Crippen molar-refractivity contribution >= 4 is 16.9 Å². The first-order valence-corrected chi connectivity index (χ1v) is 12.9. The van der Waals surface area contributed by atoms with Gasteiger partial charge in [0.25, 0.3) is 0 Å². The third kappa shape index (κ3) is 6.66. The van der Waals surface area contributed by atoms with Crippen LogP contribution in [0.2, 0.25) is 0 Å². The Bertz CT molecular complexity index is 1500. The molecular formula is C31H34N2O6. The molecule has 0 amide bonds. The SMILES string of the molecule is CCCC(NC(O)Cc1ccc(OC)c(OC)c1)c1ccc(OC(=O)c2ccc(C)cc2)c2[nH]c(=O)ccc12. The van der Waals surface area contributed by atoms with Gasteiger partial charge in [-0.1, -0.05) is 43.2 Å². The van der Waals surface area contributed by atoms with E-state index in [-0.39, 0.29) is 17.4 Å². The van der Waals surface area contributed by atoms with Crippen LogP contribution >= 0.6 is 0 Å². The second-order valence-electron chi connectivity index (χ2n) is 9.44. The van der Waals surface area contributed by atoms with E-state index in [1.807, 2.05) is 43.3 Å². The number of H-pyrrole nitrogens is 1. The number of aryl methyl sites for hydroxylation is 1. The molecule has 0 fully saturated rings. The fraction of sp³-hybridized carbons (Fsp3) is 0.290. The highest BCUT2D eigenvalue weighted by molar-refractivity contribution is 5.95. The molecule has 0 saturated carbocycles. The number of hydrogen-bond donors (Lipinski definition) is 3. The molecule has 204 valence electrons. The third-order valence-electron chi connectivity index (χ3n) is 6.60. The molecule has 8 nitrogen and oxygen atoms in total. The zero-order valence-electron chi connectivity index (χ0n) is 22.6. The van der Waals surface area contributed by atoms with E-state index in [1.54, 1.807) is 38.5 Å². The van der Waals surface area contributed by atoms with Gasteiger partial charge in [0.05, 0.1) is 25.3 Å². The molecule has 0 aliphatic heterocycles. The first-order chi connectivity index (χ1) is 18.8. The molecule has 2 atom stereocenters. The van der Waals surface area contributed by atoms with E-state index in [1.165, 1.54) is 6.07 Å². The molecule has 0 aliphatic carbocycles. The van der Waals surface area contributed by atoms with Crippen LogP contribution in [0.25, 0.3) is 10.9 Å². The number of aliphatic hydroxyl groups is 1. The molecule has 4 rings (SSSR count). The summed E-state index contributed by atoms with van der Waals surface area (Å²) < 4.78 is 16.4. The minimum Gasteiger partial charge on any atom is -0.493 e. The van der Waals surface area contributed by atoms with Gasteiger partial charge in [0.1, 0.15) is 6.23 Å². The van der Waals surface area contributed by atoms with Crippen LogP contribution in [0.5, 0.6) is 17.2 Å². The number of fused-ring (bicyclic) bond motifs is 1. The molecule has 0 bridgehead atoms. The Hall–Kier alpha value is -4.14. The number of rotatable bonds is 11. The van der Waals surface area contributed by atoms with E-state index in [9.17, 15) is 14.7 Å². The summed E-state index contributed by atoms with van der Waals surface area (Å²) in [6, 6.07) is 19.1. The number of methoxy groups -OCH3 is 2. The van der Waals surface area contributed by atoms with E-state index in [2.05, 4.69) is 17.2 Å². The van der Waals surface area contributed by atoms with Gasteiger partial charge in [-0.15, -0.1) is 0 Å². The lowest BCUT2D eigenvalue weighted by Crippen LogP contribution is -2.34. The lowest BCUT2D eigenvalue weighted by molar-refractivity contribution is 0.0736. The van der Waals surface area contributed by atoms with Crippen LogP contribution in [0.1, 0.15) is 52.9 Å². The maximum atomic E-state index is 12.8. The Balaban J connectivity index is 1.61. The van der Waals surface area contributed by atoms with Crippen LogP contribution in [0, 0.1) is 6.92 Å². The van der Waals surface area contributed by atoms with Crippen LogP contribution < -0.4 is 25.1 Å². The van der Waals surface area contributed by atoms with E-state index in [4.69, 9.17) is 14.2 Å². The number of aromatic nitrogens is 1. The summed E-state index contributed by atoms with van der Waals surface area (Å²) >= 11 is 0. The van der Waals surface area contributed by atoms with Crippen molar-refractivity contribution in [3.63, 3.8) is 0 Å². The number of ether oxygens (including phenoxy) is 3. The number of esters is 1. The van der Waals surface area contributed by atoms with Crippen LogP contribution in [0.4, 0.5) is 0 Å². The molecule has 4 aromatic rings. The van der Waals surface area contributed by atoms with Gasteiger partial charge < -0.3 is 24.3 Å². The first-order valence-electron chi connectivity index (χ1n) is 12.9. The van der Waals surface area contributed by atoms with Crippen molar-refractivity contribution in [1.29, 1.82) is 0 Å². The summed E-state index contributed by atoms with van der Waals surface area (Å²) in [5.74, 6) is 0.967. The molecule has 1 aromatic heterocycles.